The summed E-state index contributed by atoms with van der Waals surface area (Å²) in [6.45, 7) is 2.77. The average molecular weight is 601 g/mol. The van der Waals surface area contributed by atoms with E-state index in [0.717, 1.165) is 6.07 Å². The van der Waals surface area contributed by atoms with Gasteiger partial charge in [-0.25, -0.2) is 21.6 Å². The molecule has 1 heterocycles. The van der Waals surface area contributed by atoms with Crippen molar-refractivity contribution in [2.24, 2.45) is 17.8 Å². The van der Waals surface area contributed by atoms with Crippen molar-refractivity contribution in [1.29, 1.82) is 0 Å². The number of hydrogen-bond acceptors (Lipinski definition) is 6. The van der Waals surface area contributed by atoms with Crippen LogP contribution in [-0.4, -0.2) is 55.4 Å². The molecule has 2 aromatic carbocycles. The number of hydrogen-bond donors (Lipinski definition) is 3. The number of carbonyl (C=O) groups excluding carboxylic acids is 2. The number of fused-ring (bicyclic) bond motifs is 2. The second-order valence-electron chi connectivity index (χ2n) is 11.0. The van der Waals surface area contributed by atoms with E-state index >= 15 is 0 Å². The van der Waals surface area contributed by atoms with Gasteiger partial charge < -0.3 is 20.5 Å². The van der Waals surface area contributed by atoms with Crippen molar-refractivity contribution in [2.45, 2.75) is 54.4 Å². The molecule has 2 unspecified atom stereocenters. The highest BCUT2D eigenvalue weighted by Gasteiger charge is 2.59. The number of aliphatic hydroxyl groups is 1. The Balaban J connectivity index is 1.35. The molecule has 0 spiro atoms. The van der Waals surface area contributed by atoms with Crippen LogP contribution in [0.25, 0.3) is 0 Å². The zero-order valence-corrected chi connectivity index (χ0v) is 23.0. The summed E-state index contributed by atoms with van der Waals surface area (Å²) in [4.78, 5) is 25.1. The summed E-state index contributed by atoms with van der Waals surface area (Å²) >= 11 is 6.27. The van der Waals surface area contributed by atoms with Crippen LogP contribution in [0.4, 0.5) is 18.9 Å². The fraction of sp³-hybridized carbons (Fsp3) is 0.481. The molecule has 0 aromatic heterocycles. The van der Waals surface area contributed by atoms with Crippen molar-refractivity contribution in [3.63, 3.8) is 0 Å². The predicted octanol–water partition coefficient (Wildman–Crippen LogP) is 3.85. The fourth-order valence-electron chi connectivity index (χ4n) is 6.30. The van der Waals surface area contributed by atoms with Gasteiger partial charge in [0.1, 0.15) is 0 Å². The molecule has 216 valence electrons. The van der Waals surface area contributed by atoms with Gasteiger partial charge in [0.15, 0.2) is 27.3 Å². The molecule has 1 aliphatic heterocycles. The lowest BCUT2D eigenvalue weighted by Crippen LogP contribution is -2.54. The lowest BCUT2D eigenvalue weighted by atomic mass is 9.71. The SMILES string of the molecule is C[C@H]1CC2CC(S(=O)(=O)c3cc(C(=O)Nc4cc(F)c(F)c(F)c4)ccc3Cl)C[C@H]1[C@@]2(O)CC(=O)NC1COC1. The Labute approximate surface area is 234 Å². The van der Waals surface area contributed by atoms with Gasteiger partial charge in [-0.05, 0) is 55.2 Å². The number of nitrogens with one attached hydrogen (secondary N) is 2. The summed E-state index contributed by atoms with van der Waals surface area (Å²) in [6.07, 6.45) is 0.655. The van der Waals surface area contributed by atoms with E-state index in [0.29, 0.717) is 31.8 Å². The first-order valence-corrected chi connectivity index (χ1v) is 14.8. The van der Waals surface area contributed by atoms with Crippen molar-refractivity contribution < 1.29 is 41.0 Å². The van der Waals surface area contributed by atoms with Crippen molar-refractivity contribution in [3.05, 3.63) is 58.4 Å². The normalized spacial score (nSPS) is 28.1. The first-order valence-electron chi connectivity index (χ1n) is 12.9. The van der Waals surface area contributed by atoms with Gasteiger partial charge in [-0.3, -0.25) is 9.59 Å². The molecule has 3 N–H and O–H groups in total. The maximum Gasteiger partial charge on any atom is 0.255 e. The minimum absolute atomic E-state index is 0.0147. The van der Waals surface area contributed by atoms with Crippen LogP contribution in [0, 0.1) is 35.2 Å². The summed E-state index contributed by atoms with van der Waals surface area (Å²) < 4.78 is 73.0. The molecule has 2 bridgehead atoms. The molecule has 0 radical (unpaired) electrons. The maximum atomic E-state index is 13.8. The number of anilines is 1. The van der Waals surface area contributed by atoms with Crippen LogP contribution in [-0.2, 0) is 19.4 Å². The first-order chi connectivity index (χ1) is 18.8. The topological polar surface area (TPSA) is 122 Å². The van der Waals surface area contributed by atoms with Gasteiger partial charge in [-0.15, -0.1) is 0 Å². The van der Waals surface area contributed by atoms with E-state index < -0.39 is 55.9 Å². The van der Waals surface area contributed by atoms with Gasteiger partial charge in [0, 0.05) is 23.4 Å². The molecular weight excluding hydrogens is 573 g/mol. The molecule has 3 fully saturated rings. The summed E-state index contributed by atoms with van der Waals surface area (Å²) in [7, 11) is -4.09. The monoisotopic (exact) mass is 600 g/mol. The lowest BCUT2D eigenvalue weighted by Gasteiger charge is -2.43. The number of sulfone groups is 1. The highest BCUT2D eigenvalue weighted by molar-refractivity contribution is 7.92. The minimum atomic E-state index is -4.09. The standard InChI is InChI=1S/C27H28ClF3N2O6S/c1-13-4-15-6-18(9-19(13)27(15,36)10-24(34)32-17-11-39-12-17)40(37,38)23-5-14(2-3-20(23)28)26(35)33-16-7-21(29)25(31)22(30)8-16/h2-3,5,7-8,13,15,17-19,36H,4,6,9-12H2,1H3,(H,32,34)(H,33,35)/t13-,15?,18?,19+,27+/m0/s1. The van der Waals surface area contributed by atoms with E-state index in [1.165, 1.54) is 12.1 Å². The second kappa shape index (κ2) is 10.6. The van der Waals surface area contributed by atoms with Gasteiger partial charge in [0.2, 0.25) is 5.91 Å². The van der Waals surface area contributed by atoms with E-state index in [1.807, 2.05) is 6.92 Å². The third kappa shape index (κ3) is 5.22. The Morgan fingerprint density at radius 2 is 1.77 bits per heavy atom. The summed E-state index contributed by atoms with van der Waals surface area (Å²) in [6, 6.07) is 4.69. The number of halogens is 4. The summed E-state index contributed by atoms with van der Waals surface area (Å²) in [5.74, 6) is -6.75. The second-order valence-corrected chi connectivity index (χ2v) is 13.6. The highest BCUT2D eigenvalue weighted by atomic mass is 35.5. The zero-order valence-electron chi connectivity index (χ0n) is 21.4. The van der Waals surface area contributed by atoms with Crippen molar-refractivity contribution in [1.82, 2.24) is 5.32 Å². The largest absolute Gasteiger partial charge is 0.389 e. The molecule has 3 aliphatic rings. The molecule has 40 heavy (non-hydrogen) atoms. The van der Waals surface area contributed by atoms with Gasteiger partial charge in [-0.2, -0.15) is 0 Å². The first kappa shape index (κ1) is 28.8. The Hall–Kier alpha value is -2.67. The highest BCUT2D eigenvalue weighted by Crippen LogP contribution is 2.56. The zero-order chi connectivity index (χ0) is 29.0. The Morgan fingerprint density at radius 3 is 2.38 bits per heavy atom. The number of rotatable bonds is 7. The molecular formula is C27H28ClF3N2O6S. The molecule has 8 nitrogen and oxygen atoms in total. The Kier molecular flexibility index (Phi) is 7.66. The van der Waals surface area contributed by atoms with E-state index in [1.54, 1.807) is 0 Å². The third-order valence-corrected chi connectivity index (χ3v) is 11.0. The van der Waals surface area contributed by atoms with E-state index in [-0.39, 0.29) is 58.3 Å². The molecule has 5 rings (SSSR count). The Morgan fingerprint density at radius 1 is 1.10 bits per heavy atom. The molecule has 13 heteroatoms. The molecule has 2 saturated carbocycles. The van der Waals surface area contributed by atoms with E-state index in [9.17, 15) is 36.3 Å². The number of benzene rings is 2. The van der Waals surface area contributed by atoms with E-state index in [2.05, 4.69) is 10.6 Å². The van der Waals surface area contributed by atoms with Gasteiger partial charge >= 0.3 is 0 Å². The summed E-state index contributed by atoms with van der Waals surface area (Å²) in [5.41, 5.74) is -1.84. The third-order valence-electron chi connectivity index (χ3n) is 8.38. The van der Waals surface area contributed by atoms with Gasteiger partial charge in [0.05, 0.1) is 46.4 Å². The van der Waals surface area contributed by atoms with Crippen molar-refractivity contribution >= 4 is 38.9 Å². The van der Waals surface area contributed by atoms with Crippen LogP contribution in [0.3, 0.4) is 0 Å². The predicted molar refractivity (Wildman–Crippen MR) is 139 cm³/mol. The Bertz CT molecular complexity index is 1450. The van der Waals surface area contributed by atoms with Gasteiger partial charge in [0.25, 0.3) is 5.91 Å². The number of amides is 2. The van der Waals surface area contributed by atoms with E-state index in [4.69, 9.17) is 16.3 Å². The smallest absolute Gasteiger partial charge is 0.255 e. The number of carbonyl (C=O) groups is 2. The minimum Gasteiger partial charge on any atom is -0.389 e. The summed E-state index contributed by atoms with van der Waals surface area (Å²) in [5, 5.41) is 15.6. The van der Waals surface area contributed by atoms with Crippen LogP contribution in [0.2, 0.25) is 5.02 Å². The molecule has 1 saturated heterocycles. The van der Waals surface area contributed by atoms with Crippen LogP contribution < -0.4 is 10.6 Å². The quantitative estimate of drug-likeness (QED) is 0.415. The molecule has 2 aromatic rings. The van der Waals surface area contributed by atoms with Crippen LogP contribution in [0.15, 0.2) is 35.2 Å². The molecule has 2 aliphatic carbocycles. The average Bonchev–Trinajstić information content (AvgIpc) is 2.97. The van der Waals surface area contributed by atoms with Crippen LogP contribution in [0.1, 0.15) is 43.0 Å². The molecule has 5 atom stereocenters. The fourth-order valence-corrected chi connectivity index (χ4v) is 8.68. The van der Waals surface area contributed by atoms with Crippen LogP contribution >= 0.6 is 11.6 Å². The van der Waals surface area contributed by atoms with Crippen molar-refractivity contribution in [3.8, 4) is 0 Å². The van der Waals surface area contributed by atoms with Gasteiger partial charge in [-0.1, -0.05) is 18.5 Å². The lowest BCUT2D eigenvalue weighted by molar-refractivity contribution is -0.137. The number of ether oxygens (including phenoxy) is 1. The van der Waals surface area contributed by atoms with Crippen LogP contribution in [0.5, 0.6) is 0 Å². The van der Waals surface area contributed by atoms with Crippen molar-refractivity contribution in [2.75, 3.05) is 18.5 Å². The molecule has 2 amide bonds. The maximum absolute atomic E-state index is 13.8.